The lowest BCUT2D eigenvalue weighted by Crippen LogP contribution is -2.08. The van der Waals surface area contributed by atoms with Gasteiger partial charge in [0.15, 0.2) is 0 Å². The fourth-order valence-corrected chi connectivity index (χ4v) is 2.64. The van der Waals surface area contributed by atoms with Crippen LogP contribution < -0.4 is 0 Å². The summed E-state index contributed by atoms with van der Waals surface area (Å²) in [5.74, 6) is 0. The lowest BCUT2D eigenvalue weighted by molar-refractivity contribution is 0.547. The van der Waals surface area contributed by atoms with Crippen molar-refractivity contribution >= 4 is 31.9 Å². The van der Waals surface area contributed by atoms with Crippen LogP contribution in [0.15, 0.2) is 0 Å². The Bertz CT molecular complexity index is 146. The highest BCUT2D eigenvalue weighted by Gasteiger charge is 2.09. The Morgan fingerprint density at radius 3 is 1.53 bits per heavy atom. The molecule has 0 heterocycles. The molecule has 0 saturated heterocycles. The van der Waals surface area contributed by atoms with E-state index in [0.29, 0.717) is 9.65 Å². The topological polar surface area (TPSA) is 0 Å². The minimum atomic E-state index is 0.598. The van der Waals surface area contributed by atoms with Gasteiger partial charge in [0.25, 0.3) is 0 Å². The maximum Gasteiger partial charge on any atom is 0.0268 e. The first-order valence-electron chi connectivity index (χ1n) is 7.46. The first kappa shape index (κ1) is 18.0. The van der Waals surface area contributed by atoms with E-state index in [1.165, 1.54) is 70.6 Å². The number of halogens is 2. The maximum absolute atomic E-state index is 3.71. The summed E-state index contributed by atoms with van der Waals surface area (Å²) < 4.78 is 0. The van der Waals surface area contributed by atoms with Gasteiger partial charge < -0.3 is 0 Å². The minimum Gasteiger partial charge on any atom is -0.0882 e. The predicted molar refractivity (Wildman–Crippen MR) is 87.6 cm³/mol. The van der Waals surface area contributed by atoms with E-state index in [2.05, 4.69) is 45.7 Å². The Labute approximate surface area is 126 Å². The molecular formula is C15H30Br2. The summed E-state index contributed by atoms with van der Waals surface area (Å²) >= 11 is 7.33. The number of alkyl halides is 2. The second-order valence-electron chi connectivity index (χ2n) is 5.16. The van der Waals surface area contributed by atoms with Gasteiger partial charge in [-0.3, -0.25) is 0 Å². The van der Waals surface area contributed by atoms with Gasteiger partial charge in [0, 0.05) is 9.65 Å². The molecule has 0 aromatic carbocycles. The summed E-state index contributed by atoms with van der Waals surface area (Å²) in [6.07, 6.45) is 15.6. The molecule has 0 bridgehead atoms. The molecule has 0 rings (SSSR count). The molecule has 0 aromatic heterocycles. The van der Waals surface area contributed by atoms with Crippen LogP contribution in [0.4, 0.5) is 0 Å². The third-order valence-electron chi connectivity index (χ3n) is 3.33. The monoisotopic (exact) mass is 368 g/mol. The van der Waals surface area contributed by atoms with Crippen LogP contribution in [0.2, 0.25) is 0 Å². The molecule has 17 heavy (non-hydrogen) atoms. The van der Waals surface area contributed by atoms with Crippen molar-refractivity contribution in [2.75, 3.05) is 0 Å². The van der Waals surface area contributed by atoms with Gasteiger partial charge in [-0.2, -0.15) is 0 Å². The summed E-state index contributed by atoms with van der Waals surface area (Å²) in [5.41, 5.74) is 0. The summed E-state index contributed by atoms with van der Waals surface area (Å²) in [5, 5.41) is 0. The van der Waals surface area contributed by atoms with Crippen LogP contribution in [0.5, 0.6) is 0 Å². The van der Waals surface area contributed by atoms with Crippen LogP contribution in [-0.4, -0.2) is 9.65 Å². The molecule has 0 saturated carbocycles. The van der Waals surface area contributed by atoms with Crippen molar-refractivity contribution in [3.8, 4) is 0 Å². The van der Waals surface area contributed by atoms with E-state index in [0.717, 1.165) is 0 Å². The molecule has 0 radical (unpaired) electrons. The molecule has 2 heteroatoms. The summed E-state index contributed by atoms with van der Waals surface area (Å²) in [6.45, 7) is 4.50. The van der Waals surface area contributed by atoms with Crippen LogP contribution in [-0.2, 0) is 0 Å². The van der Waals surface area contributed by atoms with Gasteiger partial charge in [0.2, 0.25) is 0 Å². The number of hydrogen-bond donors (Lipinski definition) is 0. The van der Waals surface area contributed by atoms with Crippen LogP contribution in [0.3, 0.4) is 0 Å². The van der Waals surface area contributed by atoms with Crippen LogP contribution in [0.25, 0.3) is 0 Å². The summed E-state index contributed by atoms with van der Waals surface area (Å²) in [7, 11) is 0. The van der Waals surface area contributed by atoms with Crippen molar-refractivity contribution in [3.05, 3.63) is 0 Å². The lowest BCUT2D eigenvalue weighted by atomic mass is 10.0. The van der Waals surface area contributed by atoms with Gasteiger partial charge in [0.05, 0.1) is 0 Å². The fourth-order valence-electron chi connectivity index (χ4n) is 2.06. The van der Waals surface area contributed by atoms with Gasteiger partial charge >= 0.3 is 0 Å². The van der Waals surface area contributed by atoms with E-state index in [-0.39, 0.29) is 0 Å². The van der Waals surface area contributed by atoms with E-state index < -0.39 is 0 Å². The first-order chi connectivity index (χ1) is 8.18. The Hall–Kier alpha value is 0.960. The van der Waals surface area contributed by atoms with Crippen LogP contribution in [0, 0.1) is 0 Å². The van der Waals surface area contributed by atoms with Gasteiger partial charge in [-0.15, -0.1) is 0 Å². The quantitative estimate of drug-likeness (QED) is 0.260. The molecule has 0 N–H and O–H groups in total. The van der Waals surface area contributed by atoms with Gasteiger partial charge in [-0.05, 0) is 6.42 Å². The Balaban J connectivity index is 3.03. The third-order valence-corrected chi connectivity index (χ3v) is 5.93. The molecule has 0 aliphatic heterocycles. The van der Waals surface area contributed by atoms with Crippen molar-refractivity contribution in [1.82, 2.24) is 0 Å². The second kappa shape index (κ2) is 13.4. The Kier molecular flexibility index (Phi) is 14.1. The zero-order valence-corrected chi connectivity index (χ0v) is 14.9. The molecule has 0 aliphatic rings. The smallest absolute Gasteiger partial charge is 0.0268 e. The SMILES string of the molecule is CCCCCCCCCCCC[C@@H](Br)[C@H](C)Br. The van der Waals surface area contributed by atoms with Crippen LogP contribution >= 0.6 is 31.9 Å². The van der Waals surface area contributed by atoms with Gasteiger partial charge in [-0.25, -0.2) is 0 Å². The van der Waals surface area contributed by atoms with Crippen molar-refractivity contribution in [2.45, 2.75) is 94.1 Å². The third kappa shape index (κ3) is 13.2. The predicted octanol–water partition coefficient (Wildman–Crippen LogP) is 6.84. The molecular weight excluding hydrogens is 340 g/mol. The van der Waals surface area contributed by atoms with Crippen molar-refractivity contribution < 1.29 is 0 Å². The molecule has 0 nitrogen and oxygen atoms in total. The summed E-state index contributed by atoms with van der Waals surface area (Å²) in [4.78, 5) is 1.25. The molecule has 104 valence electrons. The number of hydrogen-bond acceptors (Lipinski definition) is 0. The average molecular weight is 370 g/mol. The lowest BCUT2D eigenvalue weighted by Gasteiger charge is -2.11. The van der Waals surface area contributed by atoms with Crippen molar-refractivity contribution in [1.29, 1.82) is 0 Å². The number of unbranched alkanes of at least 4 members (excludes halogenated alkanes) is 9. The molecule has 0 amide bonds. The van der Waals surface area contributed by atoms with Crippen molar-refractivity contribution in [3.63, 3.8) is 0 Å². The highest BCUT2D eigenvalue weighted by atomic mass is 79.9. The molecule has 0 spiro atoms. The molecule has 0 fully saturated rings. The minimum absolute atomic E-state index is 0.598. The van der Waals surface area contributed by atoms with Gasteiger partial charge in [-0.1, -0.05) is 110 Å². The fraction of sp³-hybridized carbons (Fsp3) is 1.00. The average Bonchev–Trinajstić information content (AvgIpc) is 2.31. The Morgan fingerprint density at radius 2 is 1.12 bits per heavy atom. The van der Waals surface area contributed by atoms with E-state index in [1.54, 1.807) is 0 Å². The van der Waals surface area contributed by atoms with E-state index in [1.807, 2.05) is 0 Å². The normalized spacial score (nSPS) is 14.8. The van der Waals surface area contributed by atoms with Crippen molar-refractivity contribution in [2.24, 2.45) is 0 Å². The second-order valence-corrected chi connectivity index (χ2v) is 7.78. The Morgan fingerprint density at radius 1 is 0.706 bits per heavy atom. The van der Waals surface area contributed by atoms with Crippen LogP contribution in [0.1, 0.15) is 84.5 Å². The highest BCUT2D eigenvalue weighted by Crippen LogP contribution is 2.20. The van der Waals surface area contributed by atoms with E-state index in [9.17, 15) is 0 Å². The van der Waals surface area contributed by atoms with Gasteiger partial charge in [0.1, 0.15) is 0 Å². The van der Waals surface area contributed by atoms with E-state index in [4.69, 9.17) is 0 Å². The zero-order valence-electron chi connectivity index (χ0n) is 11.7. The largest absolute Gasteiger partial charge is 0.0882 e. The molecule has 0 unspecified atom stereocenters. The molecule has 2 atom stereocenters. The highest BCUT2D eigenvalue weighted by molar-refractivity contribution is 9.12. The maximum atomic E-state index is 3.71. The zero-order chi connectivity index (χ0) is 12.9. The first-order valence-corrected chi connectivity index (χ1v) is 9.29. The van der Waals surface area contributed by atoms with E-state index >= 15 is 0 Å². The number of rotatable bonds is 12. The molecule has 0 aromatic rings. The summed E-state index contributed by atoms with van der Waals surface area (Å²) in [6, 6.07) is 0. The molecule has 0 aliphatic carbocycles. The standard InChI is InChI=1S/C15H30Br2/c1-3-4-5-6-7-8-9-10-11-12-13-15(17)14(2)16/h14-15H,3-13H2,1-2H3/t14-,15+/m0/s1.